The van der Waals surface area contributed by atoms with E-state index >= 15 is 0 Å². The average Bonchev–Trinajstić information content (AvgIpc) is 2.95. The fourth-order valence-electron chi connectivity index (χ4n) is 5.75. The van der Waals surface area contributed by atoms with Gasteiger partial charge in [0.25, 0.3) is 0 Å². The van der Waals surface area contributed by atoms with Crippen molar-refractivity contribution in [2.45, 2.75) is 136 Å². The van der Waals surface area contributed by atoms with Gasteiger partial charge in [-0.15, -0.1) is 0 Å². The first-order chi connectivity index (χ1) is 20.3. The lowest BCUT2D eigenvalue weighted by molar-refractivity contribution is -0.184. The Bertz CT molecular complexity index is 1050. The molecule has 9 heteroatoms. The molecular formula is C34H52O9. The Hall–Kier alpha value is -2.91. The molecule has 0 aromatic heterocycles. The van der Waals surface area contributed by atoms with Crippen molar-refractivity contribution in [3.63, 3.8) is 0 Å². The molecule has 1 aliphatic heterocycles. The van der Waals surface area contributed by atoms with E-state index in [1.807, 2.05) is 20.8 Å². The molecule has 9 nitrogen and oxygen atoms in total. The molecule has 2 N–H and O–H groups in total. The summed E-state index contributed by atoms with van der Waals surface area (Å²) >= 11 is 0. The van der Waals surface area contributed by atoms with Crippen LogP contribution in [-0.2, 0) is 33.3 Å². The van der Waals surface area contributed by atoms with Crippen molar-refractivity contribution in [1.29, 1.82) is 0 Å². The lowest BCUT2D eigenvalue weighted by Gasteiger charge is -2.42. The number of hydrogen-bond donors (Lipinski definition) is 2. The quantitative estimate of drug-likeness (QED) is 0.106. The van der Waals surface area contributed by atoms with E-state index in [1.165, 1.54) is 39.4 Å². The van der Waals surface area contributed by atoms with Gasteiger partial charge in [-0.3, -0.25) is 14.4 Å². The summed E-state index contributed by atoms with van der Waals surface area (Å²) in [6.45, 7) is 14.4. The summed E-state index contributed by atoms with van der Waals surface area (Å²) < 4.78 is 23.2. The number of carbonyl (C=O) groups is 3. The van der Waals surface area contributed by atoms with Crippen LogP contribution >= 0.6 is 0 Å². The Kier molecular flexibility index (Phi) is 15.2. The van der Waals surface area contributed by atoms with E-state index in [4.69, 9.17) is 18.9 Å². The largest absolute Gasteiger partial charge is 0.462 e. The third-order valence-corrected chi connectivity index (χ3v) is 7.88. The second-order valence-corrected chi connectivity index (χ2v) is 12.0. The van der Waals surface area contributed by atoms with Crippen molar-refractivity contribution >= 4 is 17.9 Å². The third kappa shape index (κ3) is 11.6. The lowest BCUT2D eigenvalue weighted by Crippen LogP contribution is -2.46. The van der Waals surface area contributed by atoms with E-state index in [0.29, 0.717) is 24.8 Å². The van der Waals surface area contributed by atoms with Crippen LogP contribution in [0.5, 0.6) is 0 Å². The van der Waals surface area contributed by atoms with Crippen LogP contribution < -0.4 is 0 Å². The number of aliphatic hydroxyl groups is 2. The maximum atomic E-state index is 13.0. The maximum Gasteiger partial charge on any atom is 0.306 e. The minimum atomic E-state index is -1.36. The SMILES string of the molecule is C=C1[C@@H]2[C@@H](OC(C)=O)OC=C([C@@H](OC(C)=O)[C@H](C=C(C)C)OC(=O)CCCCCCCCC)[C@H]2CC/C(C)=C/[C@@H](O)[C@H]1O. The molecule has 2 aliphatic rings. The van der Waals surface area contributed by atoms with Crippen LogP contribution in [0.15, 0.2) is 47.3 Å². The highest BCUT2D eigenvalue weighted by molar-refractivity contribution is 5.70. The van der Waals surface area contributed by atoms with Gasteiger partial charge in [-0.25, -0.2) is 0 Å². The zero-order valence-corrected chi connectivity index (χ0v) is 26.8. The molecule has 0 amide bonds. The predicted octanol–water partition coefficient (Wildman–Crippen LogP) is 5.99. The van der Waals surface area contributed by atoms with Gasteiger partial charge in [0, 0.05) is 31.8 Å². The molecule has 2 rings (SSSR count). The van der Waals surface area contributed by atoms with Crippen LogP contribution in [0.1, 0.15) is 106 Å². The minimum Gasteiger partial charge on any atom is -0.462 e. The number of rotatable bonds is 14. The molecule has 0 radical (unpaired) electrons. The highest BCUT2D eigenvalue weighted by atomic mass is 16.7. The van der Waals surface area contributed by atoms with Crippen LogP contribution in [0.2, 0.25) is 0 Å². The van der Waals surface area contributed by atoms with E-state index in [9.17, 15) is 24.6 Å². The Morgan fingerprint density at radius 1 is 1.02 bits per heavy atom. The molecular weight excluding hydrogens is 552 g/mol. The van der Waals surface area contributed by atoms with Crippen LogP contribution in [0.3, 0.4) is 0 Å². The second-order valence-electron chi connectivity index (χ2n) is 12.0. The van der Waals surface area contributed by atoms with Crippen molar-refractivity contribution in [1.82, 2.24) is 0 Å². The maximum absolute atomic E-state index is 13.0. The zero-order valence-electron chi connectivity index (χ0n) is 26.8. The highest BCUT2D eigenvalue weighted by Crippen LogP contribution is 2.44. The highest BCUT2D eigenvalue weighted by Gasteiger charge is 2.47. The first-order valence-electron chi connectivity index (χ1n) is 15.6. The molecule has 0 aromatic carbocycles. The number of ether oxygens (including phenoxy) is 4. The van der Waals surface area contributed by atoms with E-state index in [1.54, 1.807) is 12.2 Å². The standard InChI is InChI=1S/C34H52O9/c1-8-9-10-11-12-13-14-15-30(38)43-29(18-21(2)3)33(41-24(6)35)27-20-40-34(42-25(7)36)31-23(5)32(39)28(37)19-22(4)16-17-26(27)31/h18-20,26,28-29,31-34,37,39H,5,8-17H2,1-4,6-7H3/b22-19+/t26-,28-,29+,31+,32+,33-,34-/m1/s1. The van der Waals surface area contributed by atoms with Crippen LogP contribution in [0.4, 0.5) is 0 Å². The Labute approximate surface area is 257 Å². The number of allylic oxidation sites excluding steroid dienone is 2. The Morgan fingerprint density at radius 2 is 1.67 bits per heavy atom. The van der Waals surface area contributed by atoms with Crippen molar-refractivity contribution in [2.24, 2.45) is 11.8 Å². The van der Waals surface area contributed by atoms with Crippen LogP contribution in [0, 0.1) is 11.8 Å². The average molecular weight is 605 g/mol. The number of hydrogen-bond acceptors (Lipinski definition) is 9. The molecule has 7 atom stereocenters. The van der Waals surface area contributed by atoms with E-state index in [2.05, 4.69) is 13.5 Å². The van der Waals surface area contributed by atoms with Gasteiger partial charge in [0.1, 0.15) is 12.2 Å². The topological polar surface area (TPSA) is 129 Å². The normalized spacial score (nSPS) is 26.4. The summed E-state index contributed by atoms with van der Waals surface area (Å²) in [6.07, 6.45) is 7.75. The molecule has 0 aromatic rings. The summed E-state index contributed by atoms with van der Waals surface area (Å²) in [7, 11) is 0. The van der Waals surface area contributed by atoms with Gasteiger partial charge in [0.2, 0.25) is 6.29 Å². The molecule has 43 heavy (non-hydrogen) atoms. The lowest BCUT2D eigenvalue weighted by atomic mass is 9.73. The molecule has 0 saturated heterocycles. The van der Waals surface area contributed by atoms with E-state index in [-0.39, 0.29) is 12.0 Å². The molecule has 1 aliphatic carbocycles. The number of fused-ring (bicyclic) bond motifs is 1. The molecule has 0 spiro atoms. The number of esters is 3. The van der Waals surface area contributed by atoms with Gasteiger partial charge in [0.05, 0.1) is 12.2 Å². The van der Waals surface area contributed by atoms with Crippen molar-refractivity contribution < 1.29 is 43.5 Å². The van der Waals surface area contributed by atoms with E-state index in [0.717, 1.165) is 30.4 Å². The minimum absolute atomic E-state index is 0.219. The van der Waals surface area contributed by atoms with Gasteiger partial charge < -0.3 is 29.2 Å². The summed E-state index contributed by atoms with van der Waals surface area (Å²) in [6, 6.07) is 0. The summed E-state index contributed by atoms with van der Waals surface area (Å²) in [5.74, 6) is -2.82. The van der Waals surface area contributed by atoms with Gasteiger partial charge in [0.15, 0.2) is 12.2 Å². The molecule has 1 heterocycles. The molecule has 0 bridgehead atoms. The van der Waals surface area contributed by atoms with Crippen LogP contribution in [-0.4, -0.2) is 58.8 Å². The zero-order chi connectivity index (χ0) is 32.1. The fraction of sp³-hybridized carbons (Fsp3) is 0.676. The van der Waals surface area contributed by atoms with Gasteiger partial charge in [-0.05, 0) is 51.7 Å². The first kappa shape index (κ1) is 36.3. The van der Waals surface area contributed by atoms with E-state index < -0.39 is 60.4 Å². The summed E-state index contributed by atoms with van der Waals surface area (Å²) in [4.78, 5) is 37.5. The number of unbranched alkanes of at least 4 members (excludes halogenated alkanes) is 6. The van der Waals surface area contributed by atoms with Gasteiger partial charge in [-0.1, -0.05) is 69.2 Å². The van der Waals surface area contributed by atoms with Crippen molar-refractivity contribution in [3.8, 4) is 0 Å². The van der Waals surface area contributed by atoms with Crippen LogP contribution in [0.25, 0.3) is 0 Å². The number of carbonyl (C=O) groups excluding carboxylic acids is 3. The third-order valence-electron chi connectivity index (χ3n) is 7.88. The molecule has 0 saturated carbocycles. The predicted molar refractivity (Wildman–Crippen MR) is 163 cm³/mol. The van der Waals surface area contributed by atoms with Crippen molar-refractivity contribution in [2.75, 3.05) is 0 Å². The Balaban J connectivity index is 2.43. The first-order valence-corrected chi connectivity index (χ1v) is 15.6. The summed E-state index contributed by atoms with van der Waals surface area (Å²) in [5, 5.41) is 21.6. The summed E-state index contributed by atoms with van der Waals surface area (Å²) in [5.41, 5.74) is 2.43. The number of aliphatic hydroxyl groups excluding tert-OH is 2. The second kappa shape index (κ2) is 18.0. The molecule has 242 valence electrons. The molecule has 0 fully saturated rings. The van der Waals surface area contributed by atoms with Gasteiger partial charge >= 0.3 is 17.9 Å². The monoisotopic (exact) mass is 604 g/mol. The van der Waals surface area contributed by atoms with Gasteiger partial charge in [-0.2, -0.15) is 0 Å². The smallest absolute Gasteiger partial charge is 0.306 e. The Morgan fingerprint density at radius 3 is 2.28 bits per heavy atom. The fourth-order valence-corrected chi connectivity index (χ4v) is 5.75. The van der Waals surface area contributed by atoms with Crippen molar-refractivity contribution in [3.05, 3.63) is 47.3 Å². The molecule has 0 unspecified atom stereocenters.